The normalized spacial score (nSPS) is 16.5. The van der Waals surface area contributed by atoms with Crippen LogP contribution in [0.15, 0.2) is 175 Å². The highest BCUT2D eigenvalue weighted by Gasteiger charge is 2.50. The Bertz CT molecular complexity index is 2430. The van der Waals surface area contributed by atoms with E-state index in [2.05, 4.69) is 169 Å². The molecule has 0 radical (unpaired) electrons. The molecule has 0 saturated carbocycles. The molecule has 3 nitrogen and oxygen atoms in total. The maximum atomic E-state index is 6.81. The summed E-state index contributed by atoms with van der Waals surface area (Å²) in [5.74, 6) is 1.76. The van der Waals surface area contributed by atoms with Crippen molar-refractivity contribution in [2.45, 2.75) is 11.6 Å². The van der Waals surface area contributed by atoms with Crippen molar-refractivity contribution < 1.29 is 4.74 Å². The van der Waals surface area contributed by atoms with Crippen LogP contribution in [0.5, 0.6) is 11.5 Å². The summed E-state index contributed by atoms with van der Waals surface area (Å²) in [6.07, 6.45) is 1.95. The lowest BCUT2D eigenvalue weighted by atomic mass is 9.66. The van der Waals surface area contributed by atoms with Gasteiger partial charge in [-0.25, -0.2) is 0 Å². The van der Waals surface area contributed by atoms with Crippen LogP contribution in [0, 0.1) is 0 Å². The van der Waals surface area contributed by atoms with E-state index < -0.39 is 5.41 Å². The summed E-state index contributed by atoms with van der Waals surface area (Å²) < 4.78 is 6.81. The van der Waals surface area contributed by atoms with E-state index in [0.717, 1.165) is 45.2 Å². The van der Waals surface area contributed by atoms with Crippen LogP contribution >= 0.6 is 0 Å². The third kappa shape index (κ3) is 3.91. The number of fused-ring (bicyclic) bond motifs is 10. The quantitative estimate of drug-likeness (QED) is 0.215. The van der Waals surface area contributed by atoms with E-state index in [4.69, 9.17) is 9.73 Å². The van der Waals surface area contributed by atoms with Gasteiger partial charge < -0.3 is 10.1 Å². The highest BCUT2D eigenvalue weighted by Crippen LogP contribution is 2.62. The number of hydrogen-bond donors (Lipinski definition) is 1. The fourth-order valence-corrected chi connectivity index (χ4v) is 8.03. The van der Waals surface area contributed by atoms with Crippen molar-refractivity contribution in [2.75, 3.05) is 0 Å². The van der Waals surface area contributed by atoms with Crippen molar-refractivity contribution in [3.05, 3.63) is 209 Å². The second kappa shape index (κ2) is 10.4. The van der Waals surface area contributed by atoms with Crippen LogP contribution in [-0.2, 0) is 5.41 Å². The Morgan fingerprint density at radius 3 is 1.92 bits per heavy atom. The van der Waals surface area contributed by atoms with Crippen molar-refractivity contribution in [1.82, 2.24) is 5.32 Å². The first-order valence-corrected chi connectivity index (χ1v) is 16.5. The first kappa shape index (κ1) is 27.0. The summed E-state index contributed by atoms with van der Waals surface area (Å²) in [6, 6.07) is 58.5. The third-order valence-electron chi connectivity index (χ3n) is 10.2. The van der Waals surface area contributed by atoms with Gasteiger partial charge in [-0.1, -0.05) is 146 Å². The van der Waals surface area contributed by atoms with Gasteiger partial charge in [-0.3, -0.25) is 4.99 Å². The molecule has 7 aromatic carbocycles. The number of benzene rings is 7. The predicted molar refractivity (Wildman–Crippen MR) is 195 cm³/mol. The van der Waals surface area contributed by atoms with E-state index in [1.807, 2.05) is 6.07 Å². The van der Waals surface area contributed by atoms with Crippen LogP contribution in [-0.4, -0.2) is 5.71 Å². The molecular formula is C45H30N2O. The molecule has 0 aromatic heterocycles. The van der Waals surface area contributed by atoms with Crippen molar-refractivity contribution >= 4 is 22.2 Å². The first-order chi connectivity index (χ1) is 23.8. The van der Waals surface area contributed by atoms with E-state index in [0.29, 0.717) is 0 Å². The maximum Gasteiger partial charge on any atom is 0.145 e. The minimum absolute atomic E-state index is 0.231. The zero-order valence-electron chi connectivity index (χ0n) is 26.1. The van der Waals surface area contributed by atoms with Gasteiger partial charge in [0.15, 0.2) is 0 Å². The van der Waals surface area contributed by atoms with E-state index in [1.54, 1.807) is 0 Å². The van der Waals surface area contributed by atoms with Gasteiger partial charge >= 0.3 is 0 Å². The Kier molecular flexibility index (Phi) is 5.85. The zero-order valence-corrected chi connectivity index (χ0v) is 26.1. The lowest BCUT2D eigenvalue weighted by Gasteiger charge is -2.39. The smallest absolute Gasteiger partial charge is 0.145 e. The Morgan fingerprint density at radius 1 is 0.500 bits per heavy atom. The lowest BCUT2D eigenvalue weighted by Crippen LogP contribution is -2.32. The second-order valence-electron chi connectivity index (χ2n) is 12.7. The molecule has 3 aliphatic rings. The Morgan fingerprint density at radius 2 is 1.12 bits per heavy atom. The zero-order chi connectivity index (χ0) is 31.7. The average Bonchev–Trinajstić information content (AvgIpc) is 3.45. The van der Waals surface area contributed by atoms with Gasteiger partial charge in [0, 0.05) is 28.0 Å². The van der Waals surface area contributed by atoms with Gasteiger partial charge in [-0.15, -0.1) is 0 Å². The van der Waals surface area contributed by atoms with Crippen molar-refractivity contribution in [3.63, 3.8) is 0 Å². The summed E-state index contributed by atoms with van der Waals surface area (Å²) in [5, 5.41) is 6.18. The van der Waals surface area contributed by atoms with Crippen LogP contribution < -0.4 is 10.1 Å². The minimum atomic E-state index is -0.478. The highest BCUT2D eigenvalue weighted by atomic mass is 16.5. The molecule has 1 aliphatic carbocycles. The lowest BCUT2D eigenvalue weighted by molar-refractivity contribution is 0.436. The van der Waals surface area contributed by atoms with Gasteiger partial charge in [-0.05, 0) is 62.9 Å². The van der Waals surface area contributed by atoms with E-state index >= 15 is 0 Å². The fourth-order valence-electron chi connectivity index (χ4n) is 8.03. The molecule has 1 atom stereocenters. The van der Waals surface area contributed by atoms with Crippen molar-refractivity contribution in [1.29, 1.82) is 0 Å². The van der Waals surface area contributed by atoms with E-state index in [1.165, 1.54) is 38.6 Å². The number of hydrogen-bond acceptors (Lipinski definition) is 3. The molecule has 1 N–H and O–H groups in total. The number of aliphatic imine (C=N–C) groups is 1. The van der Waals surface area contributed by atoms with Gasteiger partial charge in [0.05, 0.1) is 11.1 Å². The van der Waals surface area contributed by atoms with Crippen LogP contribution in [0.3, 0.4) is 0 Å². The SMILES string of the molecule is C1=C(c2ccc3c(c2)Oc2ccccc2C32c3ccccc3-c3ccccc32)NC(c2ccccc2)N=C1c1ccc2ccccc2c1. The Labute approximate surface area is 279 Å². The molecule has 226 valence electrons. The number of nitrogens with zero attached hydrogens (tertiary/aromatic N) is 1. The molecule has 7 aromatic rings. The summed E-state index contributed by atoms with van der Waals surface area (Å²) in [5.41, 5.74) is 12.2. The van der Waals surface area contributed by atoms with Gasteiger partial charge in [0.1, 0.15) is 17.7 Å². The summed E-state index contributed by atoms with van der Waals surface area (Å²) in [4.78, 5) is 5.23. The van der Waals surface area contributed by atoms with Crippen molar-refractivity contribution in [2.24, 2.45) is 4.99 Å². The standard InChI is InChI=1S/C45H30N2O/c1-2-13-30(14-3-1)44-46-40(32-23-22-29-12-4-5-15-31(29)26-32)28-41(47-44)33-24-25-39-43(27-33)48-42-21-11-10-20-38(42)45(39)36-18-8-6-16-34(36)35-17-7-9-19-37(35)45/h1-28,44,47H. The number of allylic oxidation sites excluding steroid dienone is 1. The molecule has 2 aliphatic heterocycles. The number of ether oxygens (including phenoxy) is 1. The largest absolute Gasteiger partial charge is 0.457 e. The van der Waals surface area contributed by atoms with Crippen LogP contribution in [0.25, 0.3) is 27.6 Å². The molecule has 48 heavy (non-hydrogen) atoms. The molecule has 3 heteroatoms. The molecule has 0 amide bonds. The molecule has 0 bridgehead atoms. The molecule has 2 heterocycles. The van der Waals surface area contributed by atoms with Crippen molar-refractivity contribution in [3.8, 4) is 22.6 Å². The molecule has 0 saturated heterocycles. The van der Waals surface area contributed by atoms with Crippen LogP contribution in [0.2, 0.25) is 0 Å². The maximum absolute atomic E-state index is 6.81. The van der Waals surface area contributed by atoms with E-state index in [-0.39, 0.29) is 6.17 Å². The average molecular weight is 615 g/mol. The summed E-state index contributed by atoms with van der Waals surface area (Å²) in [6.45, 7) is 0. The van der Waals surface area contributed by atoms with E-state index in [9.17, 15) is 0 Å². The van der Waals surface area contributed by atoms with Gasteiger partial charge in [0.25, 0.3) is 0 Å². The second-order valence-corrected chi connectivity index (χ2v) is 12.7. The summed E-state index contributed by atoms with van der Waals surface area (Å²) in [7, 11) is 0. The number of para-hydroxylation sites is 1. The highest BCUT2D eigenvalue weighted by molar-refractivity contribution is 6.14. The monoisotopic (exact) mass is 614 g/mol. The first-order valence-electron chi connectivity index (χ1n) is 16.5. The third-order valence-corrected chi connectivity index (χ3v) is 10.2. The number of rotatable bonds is 3. The Balaban J connectivity index is 1.16. The van der Waals surface area contributed by atoms with Crippen LogP contribution in [0.1, 0.15) is 45.1 Å². The van der Waals surface area contributed by atoms with Crippen LogP contribution in [0.4, 0.5) is 0 Å². The Hall–Kier alpha value is -6.19. The topological polar surface area (TPSA) is 33.6 Å². The molecule has 10 rings (SSSR count). The van der Waals surface area contributed by atoms with Gasteiger partial charge in [-0.2, -0.15) is 0 Å². The minimum Gasteiger partial charge on any atom is -0.457 e. The molecule has 0 fully saturated rings. The summed E-state index contributed by atoms with van der Waals surface area (Å²) >= 11 is 0. The molecule has 1 unspecified atom stereocenters. The van der Waals surface area contributed by atoms with Gasteiger partial charge in [0.2, 0.25) is 0 Å². The predicted octanol–water partition coefficient (Wildman–Crippen LogP) is 10.4. The fraction of sp³-hybridized carbons (Fsp3) is 0.0444. The molecular weight excluding hydrogens is 585 g/mol. The number of nitrogens with one attached hydrogen (secondary N) is 1. The molecule has 1 spiro atoms.